The highest BCUT2D eigenvalue weighted by atomic mass is 32.1. The van der Waals surface area contributed by atoms with Crippen LogP contribution in [0.15, 0.2) is 36.4 Å². The van der Waals surface area contributed by atoms with Gasteiger partial charge in [0.1, 0.15) is 0 Å². The predicted molar refractivity (Wildman–Crippen MR) is 115 cm³/mol. The molecule has 0 amide bonds. The largest absolute Gasteiger partial charge is 0.493 e. The van der Waals surface area contributed by atoms with Gasteiger partial charge in [-0.15, -0.1) is 0 Å². The molecule has 7 nitrogen and oxygen atoms in total. The number of carbonyl (C=O) groups is 1. The van der Waals surface area contributed by atoms with Crippen LogP contribution in [-0.4, -0.2) is 38.5 Å². The van der Waals surface area contributed by atoms with Gasteiger partial charge in [0.2, 0.25) is 0 Å². The Bertz CT molecular complexity index is 842. The highest BCUT2D eigenvalue weighted by Gasteiger charge is 2.11. The van der Waals surface area contributed by atoms with Crippen LogP contribution in [0.2, 0.25) is 0 Å². The zero-order chi connectivity index (χ0) is 20.5. The van der Waals surface area contributed by atoms with Gasteiger partial charge in [0.25, 0.3) is 0 Å². The number of benzene rings is 2. The molecule has 0 spiro atoms. The Morgan fingerprint density at radius 1 is 1.07 bits per heavy atom. The molecule has 28 heavy (non-hydrogen) atoms. The SMILES string of the molecule is CCOC(=O)c1ccc(NCCc2ccc(OC)c(OC)c2)c(NC(N)=S)c1. The second kappa shape index (κ2) is 10.4. The van der Waals surface area contributed by atoms with E-state index in [2.05, 4.69) is 10.6 Å². The number of ether oxygens (including phenoxy) is 3. The number of nitrogens with one attached hydrogen (secondary N) is 2. The lowest BCUT2D eigenvalue weighted by atomic mass is 10.1. The van der Waals surface area contributed by atoms with Crippen molar-refractivity contribution >= 4 is 34.7 Å². The van der Waals surface area contributed by atoms with Crippen LogP contribution in [-0.2, 0) is 11.2 Å². The molecule has 0 aliphatic rings. The molecule has 0 unspecified atom stereocenters. The molecular weight excluding hydrogens is 378 g/mol. The molecule has 0 aliphatic heterocycles. The number of methoxy groups -OCH3 is 2. The number of thiocarbonyl (C=S) groups is 1. The Morgan fingerprint density at radius 3 is 2.46 bits per heavy atom. The molecule has 2 aromatic rings. The van der Waals surface area contributed by atoms with Crippen molar-refractivity contribution in [2.75, 3.05) is 38.0 Å². The third kappa shape index (κ3) is 5.75. The van der Waals surface area contributed by atoms with Gasteiger partial charge in [-0.05, 0) is 61.5 Å². The lowest BCUT2D eigenvalue weighted by Crippen LogP contribution is -2.20. The van der Waals surface area contributed by atoms with Gasteiger partial charge in [-0.3, -0.25) is 0 Å². The molecule has 2 aromatic carbocycles. The van der Waals surface area contributed by atoms with Crippen LogP contribution in [0, 0.1) is 0 Å². The summed E-state index contributed by atoms with van der Waals surface area (Å²) in [5.41, 5.74) is 8.52. The van der Waals surface area contributed by atoms with E-state index in [1.165, 1.54) is 0 Å². The monoisotopic (exact) mass is 403 g/mol. The normalized spacial score (nSPS) is 10.1. The standard InChI is InChI=1S/C20H25N3O4S/c1-4-27-19(24)14-6-7-15(16(12-14)23-20(21)28)22-10-9-13-5-8-17(25-2)18(11-13)26-3/h5-8,11-12,22H,4,9-10H2,1-3H3,(H3,21,23,28). The maximum absolute atomic E-state index is 11.9. The molecule has 0 aromatic heterocycles. The van der Waals surface area contributed by atoms with Gasteiger partial charge in [-0.1, -0.05) is 6.07 Å². The molecule has 0 atom stereocenters. The van der Waals surface area contributed by atoms with E-state index in [0.29, 0.717) is 35.9 Å². The van der Waals surface area contributed by atoms with E-state index in [4.69, 9.17) is 32.2 Å². The van der Waals surface area contributed by atoms with Crippen LogP contribution >= 0.6 is 12.2 Å². The van der Waals surface area contributed by atoms with E-state index in [9.17, 15) is 4.79 Å². The van der Waals surface area contributed by atoms with Gasteiger partial charge < -0.3 is 30.6 Å². The molecule has 0 heterocycles. The summed E-state index contributed by atoms with van der Waals surface area (Å²) < 4.78 is 15.6. The van der Waals surface area contributed by atoms with Crippen molar-refractivity contribution in [2.24, 2.45) is 5.73 Å². The van der Waals surface area contributed by atoms with Crippen molar-refractivity contribution < 1.29 is 19.0 Å². The second-order valence-electron chi connectivity index (χ2n) is 5.84. The molecule has 0 bridgehead atoms. The van der Waals surface area contributed by atoms with Crippen molar-refractivity contribution in [1.82, 2.24) is 0 Å². The first kappa shape index (κ1) is 21.3. The van der Waals surface area contributed by atoms with Gasteiger partial charge in [-0.2, -0.15) is 0 Å². The third-order valence-corrected chi connectivity index (χ3v) is 4.07. The third-order valence-electron chi connectivity index (χ3n) is 3.97. The highest BCUT2D eigenvalue weighted by Crippen LogP contribution is 2.28. The number of carbonyl (C=O) groups excluding carboxylic acids is 1. The quantitative estimate of drug-likeness (QED) is 0.434. The minimum Gasteiger partial charge on any atom is -0.493 e. The van der Waals surface area contributed by atoms with E-state index < -0.39 is 5.97 Å². The molecule has 0 saturated heterocycles. The van der Waals surface area contributed by atoms with Crippen LogP contribution in [0.1, 0.15) is 22.8 Å². The molecule has 0 radical (unpaired) electrons. The first-order chi connectivity index (χ1) is 13.5. The van der Waals surface area contributed by atoms with Gasteiger partial charge in [-0.25, -0.2) is 4.79 Å². The summed E-state index contributed by atoms with van der Waals surface area (Å²) in [6, 6.07) is 11.0. The van der Waals surface area contributed by atoms with Crippen LogP contribution in [0.25, 0.3) is 0 Å². The molecule has 0 fully saturated rings. The van der Waals surface area contributed by atoms with E-state index in [1.807, 2.05) is 18.2 Å². The van der Waals surface area contributed by atoms with Gasteiger partial charge >= 0.3 is 5.97 Å². The Hall–Kier alpha value is -3.00. The molecular formula is C20H25N3O4S. The minimum absolute atomic E-state index is 0.115. The summed E-state index contributed by atoms with van der Waals surface area (Å²) in [5, 5.41) is 6.34. The number of nitrogens with two attached hydrogens (primary N) is 1. The smallest absolute Gasteiger partial charge is 0.338 e. The fourth-order valence-corrected chi connectivity index (χ4v) is 2.76. The molecule has 0 saturated carbocycles. The van der Waals surface area contributed by atoms with Gasteiger partial charge in [0.05, 0.1) is 37.8 Å². The molecule has 4 N–H and O–H groups in total. The maximum atomic E-state index is 11.9. The Morgan fingerprint density at radius 2 is 1.82 bits per heavy atom. The van der Waals surface area contributed by atoms with Crippen LogP contribution in [0.3, 0.4) is 0 Å². The number of anilines is 2. The minimum atomic E-state index is -0.398. The van der Waals surface area contributed by atoms with E-state index in [1.54, 1.807) is 39.3 Å². The van der Waals surface area contributed by atoms with Crippen LogP contribution in [0.5, 0.6) is 11.5 Å². The molecule has 150 valence electrons. The predicted octanol–water partition coefficient (Wildman–Crippen LogP) is 3.19. The van der Waals surface area contributed by atoms with Crippen molar-refractivity contribution in [1.29, 1.82) is 0 Å². The van der Waals surface area contributed by atoms with E-state index in [0.717, 1.165) is 17.7 Å². The van der Waals surface area contributed by atoms with Gasteiger partial charge in [0, 0.05) is 6.54 Å². The molecule has 2 rings (SSSR count). The van der Waals surface area contributed by atoms with E-state index >= 15 is 0 Å². The lowest BCUT2D eigenvalue weighted by molar-refractivity contribution is 0.0526. The zero-order valence-electron chi connectivity index (χ0n) is 16.2. The van der Waals surface area contributed by atoms with Crippen molar-refractivity contribution in [3.05, 3.63) is 47.5 Å². The molecule has 8 heteroatoms. The fraction of sp³-hybridized carbons (Fsp3) is 0.300. The van der Waals surface area contributed by atoms with Gasteiger partial charge in [0.15, 0.2) is 16.6 Å². The summed E-state index contributed by atoms with van der Waals surface area (Å²) in [6.45, 7) is 2.72. The second-order valence-corrected chi connectivity index (χ2v) is 6.28. The van der Waals surface area contributed by atoms with Crippen molar-refractivity contribution in [3.63, 3.8) is 0 Å². The Kier molecular flexibility index (Phi) is 7.88. The summed E-state index contributed by atoms with van der Waals surface area (Å²) >= 11 is 4.93. The first-order valence-corrected chi connectivity index (χ1v) is 9.21. The number of esters is 1. The van der Waals surface area contributed by atoms with Crippen LogP contribution in [0.4, 0.5) is 11.4 Å². The van der Waals surface area contributed by atoms with Crippen LogP contribution < -0.4 is 25.8 Å². The number of hydrogen-bond acceptors (Lipinski definition) is 6. The summed E-state index contributed by atoms with van der Waals surface area (Å²) in [4.78, 5) is 11.9. The number of hydrogen-bond donors (Lipinski definition) is 3. The summed E-state index contributed by atoms with van der Waals surface area (Å²) in [7, 11) is 3.22. The summed E-state index contributed by atoms with van der Waals surface area (Å²) in [6.07, 6.45) is 0.756. The number of rotatable bonds is 9. The average molecular weight is 404 g/mol. The Labute approximate surface area is 170 Å². The first-order valence-electron chi connectivity index (χ1n) is 8.80. The lowest BCUT2D eigenvalue weighted by Gasteiger charge is -2.15. The average Bonchev–Trinajstić information content (AvgIpc) is 2.68. The van der Waals surface area contributed by atoms with E-state index in [-0.39, 0.29) is 5.11 Å². The Balaban J connectivity index is 2.10. The highest BCUT2D eigenvalue weighted by molar-refractivity contribution is 7.80. The zero-order valence-corrected chi connectivity index (χ0v) is 17.0. The topological polar surface area (TPSA) is 94.8 Å². The fourth-order valence-electron chi connectivity index (χ4n) is 2.65. The van der Waals surface area contributed by atoms with Crippen molar-refractivity contribution in [2.45, 2.75) is 13.3 Å². The molecule has 0 aliphatic carbocycles. The summed E-state index contributed by atoms with van der Waals surface area (Å²) in [5.74, 6) is 0.983. The van der Waals surface area contributed by atoms with Crippen molar-refractivity contribution in [3.8, 4) is 11.5 Å². The maximum Gasteiger partial charge on any atom is 0.338 e.